The standard InChI is InChI=1S/C15H19N3O/c1-11(2)13-4-6-14(7-5-13)18-10-12(9-17-18)3-8-15(16)19/h4-7,9-11H,3,8H2,1-2H3,(H2,16,19). The van der Waals surface area contributed by atoms with E-state index in [9.17, 15) is 4.79 Å². The van der Waals surface area contributed by atoms with Gasteiger partial charge < -0.3 is 5.73 Å². The summed E-state index contributed by atoms with van der Waals surface area (Å²) in [5.74, 6) is 0.242. The number of aryl methyl sites for hydroxylation is 1. The third kappa shape index (κ3) is 3.44. The van der Waals surface area contributed by atoms with E-state index >= 15 is 0 Å². The zero-order valence-electron chi connectivity index (χ0n) is 11.3. The predicted octanol–water partition coefficient (Wildman–Crippen LogP) is 2.41. The second kappa shape index (κ2) is 5.69. The second-order valence-electron chi connectivity index (χ2n) is 5.01. The van der Waals surface area contributed by atoms with Gasteiger partial charge in [-0.15, -0.1) is 0 Å². The van der Waals surface area contributed by atoms with Crippen molar-refractivity contribution >= 4 is 5.91 Å². The number of hydrogen-bond acceptors (Lipinski definition) is 2. The van der Waals surface area contributed by atoms with Gasteiger partial charge in [0.15, 0.2) is 0 Å². The highest BCUT2D eigenvalue weighted by atomic mass is 16.1. The first kappa shape index (κ1) is 13.3. The molecule has 0 fully saturated rings. The zero-order chi connectivity index (χ0) is 13.8. The fourth-order valence-electron chi connectivity index (χ4n) is 1.91. The highest BCUT2D eigenvalue weighted by Gasteiger charge is 2.04. The fourth-order valence-corrected chi connectivity index (χ4v) is 1.91. The summed E-state index contributed by atoms with van der Waals surface area (Å²) in [7, 11) is 0. The summed E-state index contributed by atoms with van der Waals surface area (Å²) < 4.78 is 1.82. The van der Waals surface area contributed by atoms with Gasteiger partial charge in [-0.1, -0.05) is 26.0 Å². The fraction of sp³-hybridized carbons (Fsp3) is 0.333. The Morgan fingerprint density at radius 2 is 2.00 bits per heavy atom. The molecule has 0 aliphatic carbocycles. The van der Waals surface area contributed by atoms with Crippen molar-refractivity contribution in [2.45, 2.75) is 32.6 Å². The summed E-state index contributed by atoms with van der Waals surface area (Å²) in [5, 5.41) is 4.30. The van der Waals surface area contributed by atoms with Gasteiger partial charge in [0.2, 0.25) is 5.91 Å². The first-order valence-corrected chi connectivity index (χ1v) is 6.48. The molecular formula is C15H19N3O. The largest absolute Gasteiger partial charge is 0.370 e. The number of hydrogen-bond donors (Lipinski definition) is 1. The first-order valence-electron chi connectivity index (χ1n) is 6.48. The molecule has 0 saturated heterocycles. The van der Waals surface area contributed by atoms with E-state index < -0.39 is 0 Å². The van der Waals surface area contributed by atoms with Crippen LogP contribution in [0.1, 0.15) is 37.3 Å². The van der Waals surface area contributed by atoms with Gasteiger partial charge in [0.05, 0.1) is 11.9 Å². The molecule has 0 radical (unpaired) electrons. The van der Waals surface area contributed by atoms with Gasteiger partial charge in [0.25, 0.3) is 0 Å². The molecule has 4 nitrogen and oxygen atoms in total. The molecule has 2 N–H and O–H groups in total. The number of primary amides is 1. The SMILES string of the molecule is CC(C)c1ccc(-n2cc(CCC(N)=O)cn2)cc1. The molecule has 0 bridgehead atoms. The topological polar surface area (TPSA) is 60.9 Å². The van der Waals surface area contributed by atoms with Crippen molar-refractivity contribution < 1.29 is 4.79 Å². The van der Waals surface area contributed by atoms with E-state index in [-0.39, 0.29) is 5.91 Å². The Hall–Kier alpha value is -2.10. The van der Waals surface area contributed by atoms with Crippen LogP contribution in [0.3, 0.4) is 0 Å². The molecule has 0 saturated carbocycles. The monoisotopic (exact) mass is 257 g/mol. The molecule has 4 heteroatoms. The molecule has 0 aliphatic heterocycles. The number of nitrogens with zero attached hydrogens (tertiary/aromatic N) is 2. The summed E-state index contributed by atoms with van der Waals surface area (Å²) in [6.07, 6.45) is 4.71. The molecule has 2 aromatic rings. The van der Waals surface area contributed by atoms with Crippen LogP contribution in [0.25, 0.3) is 5.69 Å². The molecule has 1 aromatic carbocycles. The highest BCUT2D eigenvalue weighted by Crippen LogP contribution is 2.17. The maximum atomic E-state index is 10.7. The third-order valence-corrected chi connectivity index (χ3v) is 3.12. The van der Waals surface area contributed by atoms with Crippen LogP contribution in [-0.2, 0) is 11.2 Å². The first-order chi connectivity index (χ1) is 9.06. The molecule has 0 aliphatic rings. The number of carbonyl (C=O) groups excluding carboxylic acids is 1. The van der Waals surface area contributed by atoms with Gasteiger partial charge in [-0.3, -0.25) is 4.79 Å². The molecule has 1 aromatic heterocycles. The number of amides is 1. The van der Waals surface area contributed by atoms with E-state index in [1.807, 2.05) is 10.9 Å². The number of rotatable bonds is 5. The Morgan fingerprint density at radius 3 is 2.58 bits per heavy atom. The maximum Gasteiger partial charge on any atom is 0.217 e. The van der Waals surface area contributed by atoms with Crippen molar-refractivity contribution in [2.24, 2.45) is 5.73 Å². The van der Waals surface area contributed by atoms with Gasteiger partial charge in [-0.05, 0) is 35.6 Å². The second-order valence-corrected chi connectivity index (χ2v) is 5.01. The lowest BCUT2D eigenvalue weighted by atomic mass is 10.0. The molecule has 0 atom stereocenters. The van der Waals surface area contributed by atoms with E-state index in [1.165, 1.54) is 5.56 Å². The summed E-state index contributed by atoms with van der Waals surface area (Å²) >= 11 is 0. The van der Waals surface area contributed by atoms with Gasteiger partial charge >= 0.3 is 0 Å². The van der Waals surface area contributed by atoms with E-state index in [1.54, 1.807) is 6.20 Å². The average molecular weight is 257 g/mol. The summed E-state index contributed by atoms with van der Waals surface area (Å²) in [6.45, 7) is 4.34. The van der Waals surface area contributed by atoms with Crippen molar-refractivity contribution in [3.05, 3.63) is 47.8 Å². The Morgan fingerprint density at radius 1 is 1.32 bits per heavy atom. The number of carbonyl (C=O) groups is 1. The van der Waals surface area contributed by atoms with E-state index in [0.717, 1.165) is 11.3 Å². The lowest BCUT2D eigenvalue weighted by Crippen LogP contribution is -2.10. The highest BCUT2D eigenvalue weighted by molar-refractivity contribution is 5.73. The summed E-state index contributed by atoms with van der Waals surface area (Å²) in [4.78, 5) is 10.7. The number of nitrogens with two attached hydrogens (primary N) is 1. The predicted molar refractivity (Wildman–Crippen MR) is 75.2 cm³/mol. The minimum Gasteiger partial charge on any atom is -0.370 e. The van der Waals surface area contributed by atoms with Crippen LogP contribution in [0.15, 0.2) is 36.7 Å². The Labute approximate surface area is 113 Å². The Balaban J connectivity index is 2.11. The van der Waals surface area contributed by atoms with Crippen LogP contribution < -0.4 is 5.73 Å². The van der Waals surface area contributed by atoms with Crippen molar-refractivity contribution in [2.75, 3.05) is 0 Å². The number of aromatic nitrogens is 2. The van der Waals surface area contributed by atoms with Gasteiger partial charge in [-0.2, -0.15) is 5.10 Å². The van der Waals surface area contributed by atoms with E-state index in [2.05, 4.69) is 43.2 Å². The normalized spacial score (nSPS) is 10.9. The van der Waals surface area contributed by atoms with Crippen LogP contribution in [0, 0.1) is 0 Å². The molecule has 100 valence electrons. The molecule has 2 rings (SSSR count). The van der Waals surface area contributed by atoms with Gasteiger partial charge in [-0.25, -0.2) is 4.68 Å². The van der Waals surface area contributed by atoms with Crippen molar-refractivity contribution in [1.29, 1.82) is 0 Å². The van der Waals surface area contributed by atoms with Crippen LogP contribution in [0.4, 0.5) is 0 Å². The lowest BCUT2D eigenvalue weighted by molar-refractivity contribution is -0.117. The molecule has 19 heavy (non-hydrogen) atoms. The molecule has 0 unspecified atom stereocenters. The summed E-state index contributed by atoms with van der Waals surface area (Å²) in [5.41, 5.74) is 8.49. The van der Waals surface area contributed by atoms with Crippen molar-refractivity contribution in [3.8, 4) is 5.69 Å². The quantitative estimate of drug-likeness (QED) is 0.894. The smallest absolute Gasteiger partial charge is 0.217 e. The van der Waals surface area contributed by atoms with Gasteiger partial charge in [0.1, 0.15) is 0 Å². The van der Waals surface area contributed by atoms with Crippen LogP contribution >= 0.6 is 0 Å². The molecule has 0 spiro atoms. The average Bonchev–Trinajstić information content (AvgIpc) is 2.85. The lowest BCUT2D eigenvalue weighted by Gasteiger charge is -2.06. The zero-order valence-corrected chi connectivity index (χ0v) is 11.3. The van der Waals surface area contributed by atoms with Crippen molar-refractivity contribution in [3.63, 3.8) is 0 Å². The minimum absolute atomic E-state index is 0.283. The minimum atomic E-state index is -0.283. The van der Waals surface area contributed by atoms with Crippen LogP contribution in [0.5, 0.6) is 0 Å². The maximum absolute atomic E-state index is 10.7. The van der Waals surface area contributed by atoms with E-state index in [0.29, 0.717) is 18.8 Å². The van der Waals surface area contributed by atoms with Crippen LogP contribution in [-0.4, -0.2) is 15.7 Å². The van der Waals surface area contributed by atoms with Crippen molar-refractivity contribution in [1.82, 2.24) is 9.78 Å². The van der Waals surface area contributed by atoms with Crippen LogP contribution in [0.2, 0.25) is 0 Å². The van der Waals surface area contributed by atoms with Gasteiger partial charge in [0, 0.05) is 12.6 Å². The number of benzene rings is 1. The third-order valence-electron chi connectivity index (χ3n) is 3.12. The Kier molecular flexibility index (Phi) is 4.00. The van der Waals surface area contributed by atoms with E-state index in [4.69, 9.17) is 5.73 Å². The Bertz CT molecular complexity index is 555. The molecule has 1 amide bonds. The summed E-state index contributed by atoms with van der Waals surface area (Å²) in [6, 6.07) is 8.34. The molecule has 1 heterocycles. The molecular weight excluding hydrogens is 238 g/mol.